The number of carbonyl (C=O) groups excluding carboxylic acids is 1. The van der Waals surface area contributed by atoms with E-state index >= 15 is 0 Å². The van der Waals surface area contributed by atoms with Crippen molar-refractivity contribution >= 4 is 5.91 Å². The molecule has 1 N–H and O–H groups in total. The second-order valence-corrected chi connectivity index (χ2v) is 5.19. The van der Waals surface area contributed by atoms with Gasteiger partial charge in [-0.3, -0.25) is 9.69 Å². The van der Waals surface area contributed by atoms with Crippen molar-refractivity contribution in [2.75, 3.05) is 26.2 Å². The molecule has 3 nitrogen and oxygen atoms in total. The van der Waals surface area contributed by atoms with E-state index < -0.39 is 0 Å². The summed E-state index contributed by atoms with van der Waals surface area (Å²) in [6.45, 7) is 5.53. The number of likely N-dealkylation sites (tertiary alicyclic amines) is 1. The maximum atomic E-state index is 12.0. The molecule has 1 aliphatic heterocycles. The Bertz CT molecular complexity index is 325. The van der Waals surface area contributed by atoms with E-state index in [1.165, 1.54) is 12.8 Å². The van der Waals surface area contributed by atoms with E-state index in [9.17, 15) is 4.79 Å². The molecule has 1 saturated heterocycles. The summed E-state index contributed by atoms with van der Waals surface area (Å²) in [4.78, 5) is 14.3. The third-order valence-electron chi connectivity index (χ3n) is 3.62. The van der Waals surface area contributed by atoms with Crippen LogP contribution in [-0.4, -0.2) is 37.0 Å². The van der Waals surface area contributed by atoms with E-state index in [1.807, 2.05) is 6.92 Å². The van der Waals surface area contributed by atoms with Gasteiger partial charge in [0.2, 0.25) is 5.91 Å². The van der Waals surface area contributed by atoms with Gasteiger partial charge in [0.15, 0.2) is 0 Å². The standard InChI is InChI=1S/C14H22N2O/c1-2-3-8-16-9-4-5-13(11-16)14(17)15-10-12-6-7-12/h12-13H,4-11H2,1H3,(H,15,17). The number of carbonyl (C=O) groups is 1. The van der Waals surface area contributed by atoms with Crippen molar-refractivity contribution in [2.45, 2.75) is 32.6 Å². The molecule has 0 aromatic rings. The summed E-state index contributed by atoms with van der Waals surface area (Å²) in [5.74, 6) is 7.20. The summed E-state index contributed by atoms with van der Waals surface area (Å²) in [6.07, 6.45) is 4.74. The van der Waals surface area contributed by atoms with Crippen molar-refractivity contribution in [3.8, 4) is 11.8 Å². The molecule has 1 heterocycles. The molecule has 0 radical (unpaired) electrons. The monoisotopic (exact) mass is 234 g/mol. The first kappa shape index (κ1) is 12.4. The molecule has 1 saturated carbocycles. The average molecular weight is 234 g/mol. The first-order valence-electron chi connectivity index (χ1n) is 6.69. The number of rotatable bonds is 4. The SMILES string of the molecule is CC#CCN1CCCC(C(=O)NCC2CC2)C1. The molecule has 0 spiro atoms. The van der Waals surface area contributed by atoms with Gasteiger partial charge in [-0.05, 0) is 45.1 Å². The highest BCUT2D eigenvalue weighted by Gasteiger charge is 2.27. The lowest BCUT2D eigenvalue weighted by atomic mass is 9.97. The van der Waals surface area contributed by atoms with E-state index in [0.29, 0.717) is 0 Å². The number of piperidine rings is 1. The molecule has 0 bridgehead atoms. The molecule has 2 rings (SSSR count). The van der Waals surface area contributed by atoms with Crippen LogP contribution in [0.15, 0.2) is 0 Å². The van der Waals surface area contributed by atoms with Gasteiger partial charge in [-0.1, -0.05) is 5.92 Å². The Hall–Kier alpha value is -1.01. The molecule has 2 fully saturated rings. The Labute approximate surface area is 104 Å². The first-order chi connectivity index (χ1) is 8.29. The molecule has 1 aliphatic carbocycles. The lowest BCUT2D eigenvalue weighted by Crippen LogP contribution is -2.43. The average Bonchev–Trinajstić information content (AvgIpc) is 3.18. The van der Waals surface area contributed by atoms with Crippen LogP contribution in [0, 0.1) is 23.7 Å². The lowest BCUT2D eigenvalue weighted by molar-refractivity contribution is -0.126. The van der Waals surface area contributed by atoms with Crippen molar-refractivity contribution in [3.05, 3.63) is 0 Å². The fourth-order valence-corrected chi connectivity index (χ4v) is 2.32. The molecule has 0 aromatic carbocycles. The van der Waals surface area contributed by atoms with E-state index in [2.05, 4.69) is 22.1 Å². The number of hydrogen-bond donors (Lipinski definition) is 1. The van der Waals surface area contributed by atoms with Crippen LogP contribution in [0.1, 0.15) is 32.6 Å². The third-order valence-corrected chi connectivity index (χ3v) is 3.62. The van der Waals surface area contributed by atoms with Gasteiger partial charge in [0, 0.05) is 13.1 Å². The minimum absolute atomic E-state index is 0.182. The molecule has 1 atom stereocenters. The Balaban J connectivity index is 1.73. The summed E-state index contributed by atoms with van der Waals surface area (Å²) >= 11 is 0. The zero-order valence-electron chi connectivity index (χ0n) is 10.7. The highest BCUT2D eigenvalue weighted by atomic mass is 16.1. The number of nitrogens with one attached hydrogen (secondary N) is 1. The van der Waals surface area contributed by atoms with Crippen LogP contribution in [0.25, 0.3) is 0 Å². The van der Waals surface area contributed by atoms with E-state index in [-0.39, 0.29) is 11.8 Å². The van der Waals surface area contributed by atoms with E-state index in [4.69, 9.17) is 0 Å². The minimum atomic E-state index is 0.182. The van der Waals surface area contributed by atoms with Gasteiger partial charge in [-0.15, -0.1) is 5.92 Å². The van der Waals surface area contributed by atoms with Gasteiger partial charge in [0.25, 0.3) is 0 Å². The predicted molar refractivity (Wildman–Crippen MR) is 68.3 cm³/mol. The highest BCUT2D eigenvalue weighted by Crippen LogP contribution is 2.27. The first-order valence-corrected chi connectivity index (χ1v) is 6.69. The number of hydrogen-bond acceptors (Lipinski definition) is 2. The number of amides is 1. The van der Waals surface area contributed by atoms with Crippen molar-refractivity contribution in [1.82, 2.24) is 10.2 Å². The summed E-state index contributed by atoms with van der Waals surface area (Å²) < 4.78 is 0. The topological polar surface area (TPSA) is 32.3 Å². The second kappa shape index (κ2) is 6.07. The van der Waals surface area contributed by atoms with Crippen LogP contribution in [0.4, 0.5) is 0 Å². The largest absolute Gasteiger partial charge is 0.356 e. The summed E-state index contributed by atoms with van der Waals surface area (Å²) in [7, 11) is 0. The Morgan fingerprint density at radius 2 is 2.24 bits per heavy atom. The molecular formula is C14H22N2O. The van der Waals surface area contributed by atoms with Gasteiger partial charge in [-0.2, -0.15) is 0 Å². The Morgan fingerprint density at radius 1 is 1.41 bits per heavy atom. The van der Waals surface area contributed by atoms with Crippen LogP contribution in [0.2, 0.25) is 0 Å². The second-order valence-electron chi connectivity index (χ2n) is 5.19. The zero-order valence-corrected chi connectivity index (χ0v) is 10.7. The van der Waals surface area contributed by atoms with Crippen LogP contribution in [0.5, 0.6) is 0 Å². The summed E-state index contributed by atoms with van der Waals surface area (Å²) in [5.41, 5.74) is 0. The molecule has 1 unspecified atom stereocenters. The lowest BCUT2D eigenvalue weighted by Gasteiger charge is -2.30. The number of nitrogens with zero attached hydrogens (tertiary/aromatic N) is 1. The molecular weight excluding hydrogens is 212 g/mol. The molecule has 0 aromatic heterocycles. The van der Waals surface area contributed by atoms with Crippen molar-refractivity contribution in [3.63, 3.8) is 0 Å². The van der Waals surface area contributed by atoms with Crippen LogP contribution < -0.4 is 5.32 Å². The van der Waals surface area contributed by atoms with Crippen molar-refractivity contribution < 1.29 is 4.79 Å². The fourth-order valence-electron chi connectivity index (χ4n) is 2.32. The Morgan fingerprint density at radius 3 is 2.94 bits per heavy atom. The van der Waals surface area contributed by atoms with E-state index in [1.54, 1.807) is 0 Å². The van der Waals surface area contributed by atoms with Crippen molar-refractivity contribution in [1.29, 1.82) is 0 Å². The smallest absolute Gasteiger partial charge is 0.224 e. The van der Waals surface area contributed by atoms with Gasteiger partial charge in [-0.25, -0.2) is 0 Å². The quantitative estimate of drug-likeness (QED) is 0.742. The molecule has 17 heavy (non-hydrogen) atoms. The maximum absolute atomic E-state index is 12.0. The molecule has 3 heteroatoms. The van der Waals surface area contributed by atoms with Crippen LogP contribution >= 0.6 is 0 Å². The fraction of sp³-hybridized carbons (Fsp3) is 0.786. The van der Waals surface area contributed by atoms with Gasteiger partial charge in [0.05, 0.1) is 12.5 Å². The van der Waals surface area contributed by atoms with E-state index in [0.717, 1.165) is 44.9 Å². The van der Waals surface area contributed by atoms with Crippen molar-refractivity contribution in [2.24, 2.45) is 11.8 Å². The summed E-state index contributed by atoms with van der Waals surface area (Å²) in [6, 6.07) is 0. The molecule has 94 valence electrons. The highest BCUT2D eigenvalue weighted by molar-refractivity contribution is 5.79. The maximum Gasteiger partial charge on any atom is 0.224 e. The zero-order chi connectivity index (χ0) is 12.1. The third kappa shape index (κ3) is 4.05. The van der Waals surface area contributed by atoms with Gasteiger partial charge in [0.1, 0.15) is 0 Å². The normalized spacial score (nSPS) is 24.9. The van der Waals surface area contributed by atoms with Gasteiger partial charge < -0.3 is 5.32 Å². The molecule has 1 amide bonds. The minimum Gasteiger partial charge on any atom is -0.356 e. The Kier molecular flexibility index (Phi) is 4.44. The summed E-state index contributed by atoms with van der Waals surface area (Å²) in [5, 5.41) is 3.09. The predicted octanol–water partition coefficient (Wildman–Crippen LogP) is 1.25. The van der Waals surface area contributed by atoms with Gasteiger partial charge >= 0.3 is 0 Å². The molecule has 2 aliphatic rings. The van der Waals surface area contributed by atoms with Crippen LogP contribution in [0.3, 0.4) is 0 Å². The van der Waals surface area contributed by atoms with Crippen LogP contribution in [-0.2, 0) is 4.79 Å².